The van der Waals surface area contributed by atoms with Crippen molar-refractivity contribution in [2.75, 3.05) is 36.9 Å². The Kier molecular flexibility index (Phi) is 5.31. The average molecular weight is 394 g/mol. The fourth-order valence-electron chi connectivity index (χ4n) is 3.55. The van der Waals surface area contributed by atoms with Gasteiger partial charge in [0.05, 0.1) is 18.9 Å². The van der Waals surface area contributed by atoms with Crippen LogP contribution >= 0.6 is 0 Å². The van der Waals surface area contributed by atoms with Gasteiger partial charge < -0.3 is 15.4 Å². The Balaban J connectivity index is 1.69. The minimum absolute atomic E-state index is 0.0575. The first-order valence-corrected chi connectivity index (χ1v) is 9.62. The van der Waals surface area contributed by atoms with Crippen molar-refractivity contribution in [2.45, 2.75) is 12.8 Å². The number of benzene rings is 2. The molecule has 0 amide bonds. The number of nitrogens with zero attached hydrogens (tertiary/aromatic N) is 2. The highest BCUT2D eigenvalue weighted by molar-refractivity contribution is 5.64. The van der Waals surface area contributed by atoms with E-state index in [-0.39, 0.29) is 23.0 Å². The Labute approximate surface area is 168 Å². The van der Waals surface area contributed by atoms with Gasteiger partial charge in [-0.25, -0.2) is 9.37 Å². The van der Waals surface area contributed by atoms with Crippen LogP contribution in [0.15, 0.2) is 53.3 Å². The lowest BCUT2D eigenvalue weighted by Crippen LogP contribution is -2.38. The third-order valence-electron chi connectivity index (χ3n) is 5.27. The number of halogens is 1. The Morgan fingerprint density at radius 3 is 2.59 bits per heavy atom. The number of rotatable bonds is 4. The summed E-state index contributed by atoms with van der Waals surface area (Å²) in [4.78, 5) is 21.7. The van der Waals surface area contributed by atoms with E-state index < -0.39 is 0 Å². The van der Waals surface area contributed by atoms with Gasteiger partial charge in [-0.1, -0.05) is 49.4 Å². The van der Waals surface area contributed by atoms with Gasteiger partial charge in [0, 0.05) is 24.6 Å². The van der Waals surface area contributed by atoms with Crippen molar-refractivity contribution in [1.29, 1.82) is 0 Å². The van der Waals surface area contributed by atoms with Gasteiger partial charge in [-0.2, -0.15) is 0 Å². The molecule has 1 aliphatic heterocycles. The average Bonchev–Trinajstić information content (AvgIpc) is 2.76. The summed E-state index contributed by atoms with van der Waals surface area (Å²) in [7, 11) is 0. The van der Waals surface area contributed by atoms with Crippen LogP contribution in [-0.2, 0) is 4.74 Å². The predicted molar refractivity (Wildman–Crippen MR) is 112 cm³/mol. The molecule has 1 atom stereocenters. The lowest BCUT2D eigenvalue weighted by molar-refractivity contribution is 0.122. The van der Waals surface area contributed by atoms with E-state index in [0.717, 1.165) is 5.56 Å². The number of aromatic amines is 1. The molecule has 1 aliphatic rings. The first-order chi connectivity index (χ1) is 14.0. The van der Waals surface area contributed by atoms with Gasteiger partial charge in [-0.15, -0.1) is 0 Å². The van der Waals surface area contributed by atoms with Crippen LogP contribution in [0.3, 0.4) is 0 Å². The zero-order valence-corrected chi connectivity index (χ0v) is 16.2. The van der Waals surface area contributed by atoms with Crippen LogP contribution in [0.2, 0.25) is 0 Å². The molecule has 2 heterocycles. The van der Waals surface area contributed by atoms with Gasteiger partial charge in [0.15, 0.2) is 0 Å². The van der Waals surface area contributed by atoms with Crippen molar-refractivity contribution in [1.82, 2.24) is 9.97 Å². The monoisotopic (exact) mass is 394 g/mol. The largest absolute Gasteiger partial charge is 0.393 e. The van der Waals surface area contributed by atoms with Crippen LogP contribution in [0, 0.1) is 5.82 Å². The number of morpholine rings is 1. The molecule has 2 aromatic carbocycles. The normalized spacial score (nSPS) is 15.3. The number of aromatic nitrogens is 2. The van der Waals surface area contributed by atoms with E-state index in [1.165, 1.54) is 6.07 Å². The van der Waals surface area contributed by atoms with Gasteiger partial charge in [0.25, 0.3) is 5.56 Å². The number of H-pyrrole nitrogens is 1. The quantitative estimate of drug-likeness (QED) is 0.710. The smallest absolute Gasteiger partial charge is 0.275 e. The van der Waals surface area contributed by atoms with Gasteiger partial charge in [-0.3, -0.25) is 9.78 Å². The van der Waals surface area contributed by atoms with Crippen molar-refractivity contribution in [2.24, 2.45) is 0 Å². The second-order valence-corrected chi connectivity index (χ2v) is 7.11. The summed E-state index contributed by atoms with van der Waals surface area (Å²) in [6, 6.07) is 14.5. The van der Waals surface area contributed by atoms with E-state index in [2.05, 4.69) is 9.97 Å². The third kappa shape index (κ3) is 3.86. The van der Waals surface area contributed by atoms with Crippen LogP contribution in [0.5, 0.6) is 0 Å². The number of nitrogens with two attached hydrogens (primary N) is 1. The number of nitrogens with one attached hydrogen (secondary N) is 1. The molecule has 3 aromatic rings. The van der Waals surface area contributed by atoms with Crippen LogP contribution in [0.4, 0.5) is 16.0 Å². The molecule has 6 nitrogen and oxygen atoms in total. The Morgan fingerprint density at radius 1 is 1.17 bits per heavy atom. The minimum atomic E-state index is -0.385. The van der Waals surface area contributed by atoms with E-state index in [4.69, 9.17) is 10.5 Å². The Bertz CT molecular complexity index is 1060. The highest BCUT2D eigenvalue weighted by Crippen LogP contribution is 2.30. The molecule has 4 rings (SSSR count). The Morgan fingerprint density at radius 2 is 1.90 bits per heavy atom. The molecule has 150 valence electrons. The molecule has 0 saturated carbocycles. The molecular weight excluding hydrogens is 371 g/mol. The summed E-state index contributed by atoms with van der Waals surface area (Å²) in [6.07, 6.45) is 0. The van der Waals surface area contributed by atoms with E-state index >= 15 is 0 Å². The summed E-state index contributed by atoms with van der Waals surface area (Å²) in [5.41, 5.74) is 8.21. The second kappa shape index (κ2) is 8.05. The number of ether oxygens (including phenoxy) is 1. The molecule has 7 heteroatoms. The third-order valence-corrected chi connectivity index (χ3v) is 5.27. The molecule has 0 bridgehead atoms. The number of hydrogen-bond acceptors (Lipinski definition) is 5. The number of anilines is 2. The minimum Gasteiger partial charge on any atom is -0.393 e. The predicted octanol–water partition coefficient (Wildman–Crippen LogP) is 3.15. The van der Waals surface area contributed by atoms with Crippen molar-refractivity contribution in [3.63, 3.8) is 0 Å². The number of nitrogen functional groups attached to an aromatic ring is 1. The molecule has 1 saturated heterocycles. The molecule has 3 N–H and O–H groups in total. The van der Waals surface area contributed by atoms with Crippen LogP contribution in [0.25, 0.3) is 11.1 Å². The van der Waals surface area contributed by atoms with Gasteiger partial charge in [0.1, 0.15) is 11.5 Å². The van der Waals surface area contributed by atoms with Gasteiger partial charge in [-0.05, 0) is 17.2 Å². The highest BCUT2D eigenvalue weighted by Gasteiger charge is 2.21. The van der Waals surface area contributed by atoms with Crippen molar-refractivity contribution in [3.05, 3.63) is 76.0 Å². The van der Waals surface area contributed by atoms with Crippen molar-refractivity contribution < 1.29 is 9.13 Å². The zero-order valence-electron chi connectivity index (χ0n) is 16.2. The topological polar surface area (TPSA) is 84.2 Å². The summed E-state index contributed by atoms with van der Waals surface area (Å²) in [5, 5.41) is 0. The first kappa shape index (κ1) is 19.1. The summed E-state index contributed by atoms with van der Waals surface area (Å²) in [5.74, 6) is -0.190. The number of hydrogen-bond donors (Lipinski definition) is 2. The van der Waals surface area contributed by atoms with E-state index in [1.807, 2.05) is 48.2 Å². The van der Waals surface area contributed by atoms with Crippen molar-refractivity contribution >= 4 is 11.6 Å². The van der Waals surface area contributed by atoms with Crippen LogP contribution < -0.4 is 16.2 Å². The zero-order chi connectivity index (χ0) is 20.4. The highest BCUT2D eigenvalue weighted by atomic mass is 19.1. The molecule has 0 unspecified atom stereocenters. The van der Waals surface area contributed by atoms with Crippen LogP contribution in [-0.4, -0.2) is 36.3 Å². The standard InChI is InChI=1S/C22H23FN4O2/c1-14(16-7-8-17(18(23)13-16)15-5-3-2-4-6-15)20-19(24)21(28)26-22(25-20)27-9-11-29-12-10-27/h2-8,13-14H,9-12,24H2,1H3,(H,25,26,28)/t14-/m0/s1. The summed E-state index contributed by atoms with van der Waals surface area (Å²) >= 11 is 0. The SMILES string of the molecule is C[C@@H](c1ccc(-c2ccccc2)c(F)c1)c1nc(N2CCOCC2)[nH]c(=O)c1N. The van der Waals surface area contributed by atoms with Gasteiger partial charge in [0.2, 0.25) is 5.95 Å². The van der Waals surface area contributed by atoms with Gasteiger partial charge >= 0.3 is 0 Å². The molecule has 0 radical (unpaired) electrons. The Hall–Kier alpha value is -3.19. The molecule has 0 aliphatic carbocycles. The lowest BCUT2D eigenvalue weighted by atomic mass is 9.94. The van der Waals surface area contributed by atoms with E-state index in [0.29, 0.717) is 49.1 Å². The maximum absolute atomic E-state index is 14.8. The lowest BCUT2D eigenvalue weighted by Gasteiger charge is -2.28. The molecule has 1 aromatic heterocycles. The molecule has 29 heavy (non-hydrogen) atoms. The van der Waals surface area contributed by atoms with E-state index in [9.17, 15) is 9.18 Å². The molecule has 1 fully saturated rings. The first-order valence-electron chi connectivity index (χ1n) is 9.62. The fraction of sp³-hybridized carbons (Fsp3) is 0.273. The van der Waals surface area contributed by atoms with Crippen molar-refractivity contribution in [3.8, 4) is 11.1 Å². The summed E-state index contributed by atoms with van der Waals surface area (Å²) in [6.45, 7) is 4.30. The maximum atomic E-state index is 14.8. The second-order valence-electron chi connectivity index (χ2n) is 7.11. The van der Waals surface area contributed by atoms with Crippen LogP contribution in [0.1, 0.15) is 24.1 Å². The van der Waals surface area contributed by atoms with E-state index in [1.54, 1.807) is 6.07 Å². The fourth-order valence-corrected chi connectivity index (χ4v) is 3.55. The summed E-state index contributed by atoms with van der Waals surface area (Å²) < 4.78 is 20.2. The molecular formula is C22H23FN4O2. The molecule has 0 spiro atoms. The maximum Gasteiger partial charge on any atom is 0.275 e.